The van der Waals surface area contributed by atoms with Crippen LogP contribution in [0.25, 0.3) is 0 Å². The molecule has 3 N–H and O–H groups in total. The van der Waals surface area contributed by atoms with Gasteiger partial charge in [0.1, 0.15) is 0 Å². The Kier molecular flexibility index (Phi) is 5.71. The number of nitrogens with zero attached hydrogens (tertiary/aromatic N) is 1. The average molecular weight is 368 g/mol. The van der Waals surface area contributed by atoms with Crippen LogP contribution in [0, 0.1) is 5.41 Å². The van der Waals surface area contributed by atoms with Crippen molar-refractivity contribution in [2.75, 3.05) is 39.9 Å². The Hall–Kier alpha value is -1.50. The molecule has 0 radical (unpaired) electrons. The van der Waals surface area contributed by atoms with Gasteiger partial charge in [-0.05, 0) is 62.0 Å². The van der Waals surface area contributed by atoms with E-state index in [2.05, 4.69) is 10.2 Å². The third-order valence-electron chi connectivity index (χ3n) is 5.24. The van der Waals surface area contributed by atoms with Gasteiger partial charge in [0, 0.05) is 13.1 Å². The normalized spacial score (nSPS) is 19.9. The van der Waals surface area contributed by atoms with E-state index < -0.39 is 5.91 Å². The molecular formula is C18H26ClN3O3. The van der Waals surface area contributed by atoms with Crippen LogP contribution in [-0.4, -0.2) is 50.7 Å². The number of hydrogen-bond acceptors (Lipinski definition) is 5. The molecule has 0 atom stereocenters. The van der Waals surface area contributed by atoms with Crippen molar-refractivity contribution >= 4 is 17.5 Å². The summed E-state index contributed by atoms with van der Waals surface area (Å²) in [7, 11) is 1.56. The lowest BCUT2D eigenvalue weighted by atomic mass is 9.78. The zero-order valence-corrected chi connectivity index (χ0v) is 15.4. The number of nitrogens with two attached hydrogens (primary N) is 1. The van der Waals surface area contributed by atoms with Crippen molar-refractivity contribution in [3.05, 3.63) is 22.7 Å². The molecular weight excluding hydrogens is 342 g/mol. The van der Waals surface area contributed by atoms with Crippen LogP contribution in [0.5, 0.6) is 11.5 Å². The Morgan fingerprint density at radius 2 is 2.12 bits per heavy atom. The summed E-state index contributed by atoms with van der Waals surface area (Å²) >= 11 is 6.34. The van der Waals surface area contributed by atoms with E-state index in [0.717, 1.165) is 38.3 Å². The molecule has 2 heterocycles. The third kappa shape index (κ3) is 4.37. The number of rotatable bonds is 6. The standard InChI is InChI=1S/C18H26ClN3O3/c1-24-15-9-13(8-14(19)17(15)25-11-16(20)23)10-22-7-4-18(12-22)2-5-21-6-3-18/h8-9,21H,2-7,10-12H2,1H3,(H2,20,23). The van der Waals surface area contributed by atoms with Gasteiger partial charge in [-0.3, -0.25) is 9.69 Å². The largest absolute Gasteiger partial charge is 0.493 e. The lowest BCUT2D eigenvalue weighted by Gasteiger charge is -2.34. The third-order valence-corrected chi connectivity index (χ3v) is 5.52. The number of likely N-dealkylation sites (tertiary alicyclic amines) is 1. The van der Waals surface area contributed by atoms with Crippen molar-refractivity contribution in [2.45, 2.75) is 25.8 Å². The number of halogens is 1. The fourth-order valence-corrected chi connectivity index (χ4v) is 4.22. The van der Waals surface area contributed by atoms with E-state index in [-0.39, 0.29) is 6.61 Å². The lowest BCUT2D eigenvalue weighted by Crippen LogP contribution is -2.38. The highest BCUT2D eigenvalue weighted by atomic mass is 35.5. The number of ether oxygens (including phenoxy) is 2. The maximum absolute atomic E-state index is 10.9. The van der Waals surface area contributed by atoms with Crippen LogP contribution in [0.1, 0.15) is 24.8 Å². The van der Waals surface area contributed by atoms with Gasteiger partial charge >= 0.3 is 0 Å². The average Bonchev–Trinajstić information content (AvgIpc) is 2.95. The Labute approximate surface area is 153 Å². The van der Waals surface area contributed by atoms with Crippen molar-refractivity contribution in [3.63, 3.8) is 0 Å². The van der Waals surface area contributed by atoms with Crippen LogP contribution in [-0.2, 0) is 11.3 Å². The molecule has 0 saturated carbocycles. The first-order valence-corrected chi connectivity index (χ1v) is 9.10. The summed E-state index contributed by atoms with van der Waals surface area (Å²) in [5, 5.41) is 3.89. The number of piperidine rings is 1. The molecule has 2 aliphatic rings. The highest BCUT2D eigenvalue weighted by Crippen LogP contribution is 2.40. The van der Waals surface area contributed by atoms with Crippen LogP contribution in [0.3, 0.4) is 0 Å². The molecule has 1 aromatic carbocycles. The van der Waals surface area contributed by atoms with E-state index in [1.165, 1.54) is 19.3 Å². The Morgan fingerprint density at radius 3 is 2.80 bits per heavy atom. The van der Waals surface area contributed by atoms with Gasteiger partial charge in [0.25, 0.3) is 5.91 Å². The minimum absolute atomic E-state index is 0.224. The van der Waals surface area contributed by atoms with E-state index in [9.17, 15) is 4.79 Å². The lowest BCUT2D eigenvalue weighted by molar-refractivity contribution is -0.119. The SMILES string of the molecule is COc1cc(CN2CCC3(CCNCC3)C2)cc(Cl)c1OCC(N)=O. The van der Waals surface area contributed by atoms with Crippen molar-refractivity contribution in [1.29, 1.82) is 0 Å². The molecule has 7 heteroatoms. The molecule has 3 rings (SSSR count). The van der Waals surface area contributed by atoms with Crippen LogP contribution < -0.4 is 20.5 Å². The van der Waals surface area contributed by atoms with Crippen molar-refractivity contribution in [2.24, 2.45) is 11.1 Å². The molecule has 0 aromatic heterocycles. The highest BCUT2D eigenvalue weighted by molar-refractivity contribution is 6.32. The van der Waals surface area contributed by atoms with Gasteiger partial charge in [-0.15, -0.1) is 0 Å². The summed E-state index contributed by atoms with van der Waals surface area (Å²) in [6.07, 6.45) is 3.78. The van der Waals surface area contributed by atoms with Crippen LogP contribution >= 0.6 is 11.6 Å². The summed E-state index contributed by atoms with van der Waals surface area (Å²) in [6.45, 7) is 5.10. The number of nitrogens with one attached hydrogen (secondary N) is 1. The fraction of sp³-hybridized carbons (Fsp3) is 0.611. The van der Waals surface area contributed by atoms with Crippen LogP contribution in [0.4, 0.5) is 0 Å². The van der Waals surface area contributed by atoms with Crippen molar-refractivity contribution in [3.8, 4) is 11.5 Å². The zero-order valence-electron chi connectivity index (χ0n) is 14.6. The van der Waals surface area contributed by atoms with E-state index in [1.807, 2.05) is 12.1 Å². The number of hydrogen-bond donors (Lipinski definition) is 2. The summed E-state index contributed by atoms with van der Waals surface area (Å²) in [5.41, 5.74) is 6.69. The quantitative estimate of drug-likeness (QED) is 0.801. The van der Waals surface area contributed by atoms with Gasteiger partial charge in [-0.25, -0.2) is 0 Å². The number of carbonyl (C=O) groups excluding carboxylic acids is 1. The molecule has 1 amide bonds. The second kappa shape index (κ2) is 7.81. The Balaban J connectivity index is 1.68. The maximum atomic E-state index is 10.9. The van der Waals surface area contributed by atoms with Gasteiger partial charge in [0.15, 0.2) is 18.1 Å². The number of carbonyl (C=O) groups is 1. The molecule has 2 saturated heterocycles. The zero-order chi connectivity index (χ0) is 17.9. The molecule has 1 aromatic rings. The van der Waals surface area contributed by atoms with Crippen molar-refractivity contribution < 1.29 is 14.3 Å². The molecule has 0 aliphatic carbocycles. The fourth-order valence-electron chi connectivity index (χ4n) is 3.93. The van der Waals surface area contributed by atoms with Gasteiger partial charge in [0.2, 0.25) is 0 Å². The minimum Gasteiger partial charge on any atom is -0.493 e. The molecule has 2 fully saturated rings. The van der Waals surface area contributed by atoms with E-state index in [4.69, 9.17) is 26.8 Å². The van der Waals surface area contributed by atoms with Gasteiger partial charge in [-0.1, -0.05) is 11.6 Å². The first-order chi connectivity index (χ1) is 12.0. The summed E-state index contributed by atoms with van der Waals surface area (Å²) in [4.78, 5) is 13.4. The molecule has 25 heavy (non-hydrogen) atoms. The highest BCUT2D eigenvalue weighted by Gasteiger charge is 2.38. The Morgan fingerprint density at radius 1 is 1.36 bits per heavy atom. The number of amides is 1. The van der Waals surface area contributed by atoms with E-state index >= 15 is 0 Å². The first-order valence-electron chi connectivity index (χ1n) is 8.72. The van der Waals surface area contributed by atoms with Gasteiger partial charge < -0.3 is 20.5 Å². The minimum atomic E-state index is -0.550. The summed E-state index contributed by atoms with van der Waals surface area (Å²) in [6, 6.07) is 3.81. The predicted molar refractivity (Wildman–Crippen MR) is 97.1 cm³/mol. The molecule has 2 aliphatic heterocycles. The van der Waals surface area contributed by atoms with E-state index in [0.29, 0.717) is 21.9 Å². The predicted octanol–water partition coefficient (Wildman–Crippen LogP) is 1.79. The van der Waals surface area contributed by atoms with Gasteiger partial charge in [-0.2, -0.15) is 0 Å². The first kappa shape index (κ1) is 18.3. The second-order valence-electron chi connectivity index (χ2n) is 7.07. The second-order valence-corrected chi connectivity index (χ2v) is 7.48. The molecule has 1 spiro atoms. The monoisotopic (exact) mass is 367 g/mol. The van der Waals surface area contributed by atoms with Crippen LogP contribution in [0.2, 0.25) is 5.02 Å². The topological polar surface area (TPSA) is 76.8 Å². The van der Waals surface area contributed by atoms with E-state index in [1.54, 1.807) is 7.11 Å². The molecule has 138 valence electrons. The summed E-state index contributed by atoms with van der Waals surface area (Å²) < 4.78 is 10.8. The molecule has 6 nitrogen and oxygen atoms in total. The number of primary amides is 1. The Bertz CT molecular complexity index is 632. The maximum Gasteiger partial charge on any atom is 0.255 e. The summed E-state index contributed by atoms with van der Waals surface area (Å²) in [5.74, 6) is 0.342. The number of methoxy groups -OCH3 is 1. The molecule has 0 bridgehead atoms. The van der Waals surface area contributed by atoms with Gasteiger partial charge in [0.05, 0.1) is 12.1 Å². The van der Waals surface area contributed by atoms with Crippen LogP contribution in [0.15, 0.2) is 12.1 Å². The number of benzene rings is 1. The van der Waals surface area contributed by atoms with Crippen molar-refractivity contribution in [1.82, 2.24) is 10.2 Å². The molecule has 0 unspecified atom stereocenters. The smallest absolute Gasteiger partial charge is 0.255 e.